The monoisotopic (exact) mass is 247 g/mol. The maximum absolute atomic E-state index is 12.5. The van der Waals surface area contributed by atoms with Gasteiger partial charge in [0.25, 0.3) is 12.0 Å². The Kier molecular flexibility index (Phi) is 4.19. The molecular formula is C10H11F2NO4. The number of H-pyrrole nitrogens is 1. The molecule has 7 heteroatoms. The lowest BCUT2D eigenvalue weighted by Gasteiger charge is -2.07. The van der Waals surface area contributed by atoms with E-state index in [0.717, 1.165) is 6.20 Å². The lowest BCUT2D eigenvalue weighted by molar-refractivity contribution is -0.142. The molecule has 0 bridgehead atoms. The third-order valence-corrected chi connectivity index (χ3v) is 2.04. The van der Waals surface area contributed by atoms with Gasteiger partial charge in [-0.15, -0.1) is 0 Å². The summed E-state index contributed by atoms with van der Waals surface area (Å²) in [7, 11) is 0. The van der Waals surface area contributed by atoms with Crippen molar-refractivity contribution in [1.82, 2.24) is 4.98 Å². The fourth-order valence-corrected chi connectivity index (χ4v) is 1.28. The highest BCUT2D eigenvalue weighted by atomic mass is 19.3. The normalized spacial score (nSPS) is 10.6. The van der Waals surface area contributed by atoms with Crippen molar-refractivity contribution in [2.24, 2.45) is 0 Å². The van der Waals surface area contributed by atoms with Crippen LogP contribution in [0.3, 0.4) is 0 Å². The van der Waals surface area contributed by atoms with E-state index in [1.807, 2.05) is 4.98 Å². The van der Waals surface area contributed by atoms with Crippen molar-refractivity contribution in [2.75, 3.05) is 6.61 Å². The van der Waals surface area contributed by atoms with Crippen molar-refractivity contribution < 1.29 is 23.4 Å². The van der Waals surface area contributed by atoms with Gasteiger partial charge in [0.1, 0.15) is 11.3 Å². The molecule has 0 aliphatic heterocycles. The van der Waals surface area contributed by atoms with Crippen molar-refractivity contribution in [3.63, 3.8) is 0 Å². The Morgan fingerprint density at radius 1 is 1.59 bits per heavy atom. The summed E-state index contributed by atoms with van der Waals surface area (Å²) in [5.41, 5.74) is -2.21. The number of hydrogen-bond acceptors (Lipinski definition) is 4. The minimum absolute atomic E-state index is 0.0987. The Labute approximate surface area is 95.0 Å². The highest BCUT2D eigenvalue weighted by Crippen LogP contribution is 2.27. The van der Waals surface area contributed by atoms with Gasteiger partial charge in [-0.3, -0.25) is 9.59 Å². The van der Waals surface area contributed by atoms with Crippen LogP contribution in [0.15, 0.2) is 11.0 Å². The van der Waals surface area contributed by atoms with Crippen molar-refractivity contribution >= 4 is 5.97 Å². The van der Waals surface area contributed by atoms with Crippen LogP contribution in [0.4, 0.5) is 8.78 Å². The summed E-state index contributed by atoms with van der Waals surface area (Å²) in [6.07, 6.45) is -2.47. The molecule has 0 aliphatic rings. The van der Waals surface area contributed by atoms with E-state index in [-0.39, 0.29) is 18.6 Å². The van der Waals surface area contributed by atoms with E-state index in [0.29, 0.717) is 0 Å². The van der Waals surface area contributed by atoms with Gasteiger partial charge in [0, 0.05) is 11.8 Å². The summed E-state index contributed by atoms with van der Waals surface area (Å²) < 4.78 is 29.5. The number of hydrogen-bond donors (Lipinski definition) is 2. The zero-order chi connectivity index (χ0) is 13.0. The Morgan fingerprint density at radius 2 is 2.24 bits per heavy atom. The first-order valence-corrected chi connectivity index (χ1v) is 4.84. The molecule has 0 saturated heterocycles. The van der Waals surface area contributed by atoms with Crippen molar-refractivity contribution in [1.29, 1.82) is 0 Å². The second kappa shape index (κ2) is 5.42. The number of rotatable bonds is 4. The topological polar surface area (TPSA) is 79.4 Å². The number of pyridine rings is 1. The van der Waals surface area contributed by atoms with Crippen molar-refractivity contribution in [2.45, 2.75) is 19.8 Å². The quantitative estimate of drug-likeness (QED) is 0.781. The average molecular weight is 247 g/mol. The second-order valence-electron chi connectivity index (χ2n) is 3.19. The van der Waals surface area contributed by atoms with Gasteiger partial charge in [-0.25, -0.2) is 8.78 Å². The molecule has 0 radical (unpaired) electrons. The fourth-order valence-electron chi connectivity index (χ4n) is 1.28. The number of aromatic hydroxyl groups is 1. The summed E-state index contributed by atoms with van der Waals surface area (Å²) >= 11 is 0. The number of alkyl halides is 2. The van der Waals surface area contributed by atoms with E-state index in [1.54, 1.807) is 6.92 Å². The third-order valence-electron chi connectivity index (χ3n) is 2.04. The summed E-state index contributed by atoms with van der Waals surface area (Å²) in [6.45, 7) is 1.74. The van der Waals surface area contributed by atoms with Crippen LogP contribution < -0.4 is 5.56 Å². The molecule has 0 aliphatic carbocycles. The number of halogens is 2. The molecule has 1 rings (SSSR count). The maximum Gasteiger partial charge on any atom is 0.310 e. The molecule has 1 heterocycles. The summed E-state index contributed by atoms with van der Waals surface area (Å²) in [5.74, 6) is -1.54. The zero-order valence-electron chi connectivity index (χ0n) is 9.00. The molecule has 0 aromatic carbocycles. The summed E-state index contributed by atoms with van der Waals surface area (Å²) in [6, 6.07) is 0. The molecule has 1 aromatic rings. The third kappa shape index (κ3) is 3.02. The van der Waals surface area contributed by atoms with Crippen LogP contribution in [0.25, 0.3) is 0 Å². The molecule has 5 nitrogen and oxygen atoms in total. The van der Waals surface area contributed by atoms with Crippen molar-refractivity contribution in [3.8, 4) is 5.75 Å². The van der Waals surface area contributed by atoms with Gasteiger partial charge in [0.05, 0.1) is 13.0 Å². The number of carbonyl (C=O) groups is 1. The summed E-state index contributed by atoms with van der Waals surface area (Å²) in [4.78, 5) is 24.2. The maximum atomic E-state index is 12.5. The molecule has 1 aromatic heterocycles. The van der Waals surface area contributed by atoms with E-state index in [9.17, 15) is 23.5 Å². The number of aromatic amines is 1. The number of nitrogens with one attached hydrogen (secondary N) is 1. The molecule has 17 heavy (non-hydrogen) atoms. The predicted molar refractivity (Wildman–Crippen MR) is 54.0 cm³/mol. The van der Waals surface area contributed by atoms with Gasteiger partial charge < -0.3 is 14.8 Å². The molecule has 0 amide bonds. The first-order chi connectivity index (χ1) is 7.97. The minimum atomic E-state index is -3.11. The lowest BCUT2D eigenvalue weighted by Crippen LogP contribution is -2.16. The smallest absolute Gasteiger partial charge is 0.310 e. The van der Waals surface area contributed by atoms with Gasteiger partial charge >= 0.3 is 5.97 Å². The fraction of sp³-hybridized carbons (Fsp3) is 0.400. The minimum Gasteiger partial charge on any atom is -0.507 e. The molecule has 0 unspecified atom stereocenters. The number of ether oxygens (including phenoxy) is 1. The molecule has 0 saturated carbocycles. The van der Waals surface area contributed by atoms with Crippen LogP contribution >= 0.6 is 0 Å². The predicted octanol–water partition coefficient (Wildman–Crippen LogP) is 1.12. The van der Waals surface area contributed by atoms with Crippen LogP contribution in [0, 0.1) is 0 Å². The van der Waals surface area contributed by atoms with E-state index in [4.69, 9.17) is 0 Å². The van der Waals surface area contributed by atoms with Crippen LogP contribution in [0.5, 0.6) is 5.75 Å². The first kappa shape index (κ1) is 13.1. The van der Waals surface area contributed by atoms with Gasteiger partial charge in [-0.1, -0.05) is 0 Å². The molecule has 0 atom stereocenters. The van der Waals surface area contributed by atoms with Crippen LogP contribution in [-0.2, 0) is 16.0 Å². The van der Waals surface area contributed by atoms with Gasteiger partial charge in [-0.05, 0) is 6.92 Å². The highest BCUT2D eigenvalue weighted by Gasteiger charge is 2.21. The first-order valence-electron chi connectivity index (χ1n) is 4.84. The second-order valence-corrected chi connectivity index (χ2v) is 3.19. The number of carbonyl (C=O) groups excluding carboxylic acids is 1. The zero-order valence-corrected chi connectivity index (χ0v) is 9.00. The van der Waals surface area contributed by atoms with E-state index in [2.05, 4.69) is 4.74 Å². The SMILES string of the molecule is CCOC(=O)Cc1c[nH]c(=O)c(C(F)F)c1O. The van der Waals surface area contributed by atoms with Crippen molar-refractivity contribution in [3.05, 3.63) is 27.7 Å². The Morgan fingerprint density at radius 3 is 2.76 bits per heavy atom. The van der Waals surface area contributed by atoms with E-state index < -0.39 is 29.3 Å². The Bertz CT molecular complexity index is 470. The Hall–Kier alpha value is -1.92. The van der Waals surface area contributed by atoms with Gasteiger partial charge in [0.2, 0.25) is 0 Å². The molecule has 2 N–H and O–H groups in total. The van der Waals surface area contributed by atoms with Crippen LogP contribution in [-0.4, -0.2) is 22.7 Å². The number of aromatic nitrogens is 1. The van der Waals surface area contributed by atoms with Gasteiger partial charge in [-0.2, -0.15) is 0 Å². The van der Waals surface area contributed by atoms with Crippen LogP contribution in [0.1, 0.15) is 24.5 Å². The molecule has 94 valence electrons. The standard InChI is InChI=1S/C10H11F2NO4/c1-2-17-6(14)3-5-4-13-10(16)7(8(5)15)9(11)12/h4,9H,2-3H2,1H3,(H2,13,15,16). The molecular weight excluding hydrogens is 236 g/mol. The highest BCUT2D eigenvalue weighted by molar-refractivity contribution is 5.73. The van der Waals surface area contributed by atoms with Gasteiger partial charge in [0.15, 0.2) is 0 Å². The molecule has 0 spiro atoms. The largest absolute Gasteiger partial charge is 0.507 e. The number of esters is 1. The summed E-state index contributed by atoms with van der Waals surface area (Å²) in [5, 5.41) is 9.45. The molecule has 0 fully saturated rings. The van der Waals surface area contributed by atoms with E-state index in [1.165, 1.54) is 0 Å². The lowest BCUT2D eigenvalue weighted by atomic mass is 10.1. The van der Waals surface area contributed by atoms with Crippen LogP contribution in [0.2, 0.25) is 0 Å². The average Bonchev–Trinajstić information content (AvgIpc) is 2.22. The Balaban J connectivity index is 3.07. The van der Waals surface area contributed by atoms with E-state index >= 15 is 0 Å².